The summed E-state index contributed by atoms with van der Waals surface area (Å²) in [6.07, 6.45) is 0.797. The molecule has 15 heavy (non-hydrogen) atoms. The molecular formula is C10H17N3O2. The molecule has 1 amide bonds. The van der Waals surface area contributed by atoms with Gasteiger partial charge in [-0.2, -0.15) is 0 Å². The van der Waals surface area contributed by atoms with Crippen LogP contribution in [0.4, 0.5) is 0 Å². The third-order valence-corrected chi connectivity index (χ3v) is 2.29. The van der Waals surface area contributed by atoms with E-state index in [0.29, 0.717) is 30.1 Å². The average Bonchev–Trinajstić information content (AvgIpc) is 2.54. The van der Waals surface area contributed by atoms with E-state index in [9.17, 15) is 4.79 Å². The van der Waals surface area contributed by atoms with Crippen molar-refractivity contribution in [3.8, 4) is 0 Å². The Morgan fingerprint density at radius 3 is 2.67 bits per heavy atom. The van der Waals surface area contributed by atoms with E-state index < -0.39 is 0 Å². The number of amides is 1. The summed E-state index contributed by atoms with van der Waals surface area (Å²) >= 11 is 0. The lowest BCUT2D eigenvalue weighted by molar-refractivity contribution is 0.0792. The van der Waals surface area contributed by atoms with Crippen molar-refractivity contribution < 1.29 is 9.32 Å². The monoisotopic (exact) mass is 211 g/mol. The number of hydrogen-bond acceptors (Lipinski definition) is 4. The fourth-order valence-electron chi connectivity index (χ4n) is 1.41. The molecule has 1 rings (SSSR count). The number of carbonyl (C=O) groups excluding carboxylic acids is 1. The van der Waals surface area contributed by atoms with Gasteiger partial charge in [0.25, 0.3) is 5.91 Å². The summed E-state index contributed by atoms with van der Waals surface area (Å²) in [5.74, 6) is 0.511. The van der Waals surface area contributed by atoms with Crippen molar-refractivity contribution in [1.29, 1.82) is 0 Å². The van der Waals surface area contributed by atoms with E-state index >= 15 is 0 Å². The lowest BCUT2D eigenvalue weighted by atomic mass is 10.2. The topological polar surface area (TPSA) is 72.4 Å². The van der Waals surface area contributed by atoms with Crippen LogP contribution in [0, 0.1) is 13.8 Å². The van der Waals surface area contributed by atoms with Gasteiger partial charge in [0.05, 0.1) is 5.69 Å². The molecule has 1 aromatic rings. The summed E-state index contributed by atoms with van der Waals surface area (Å²) < 4.78 is 4.95. The van der Waals surface area contributed by atoms with Crippen LogP contribution in [0.2, 0.25) is 0 Å². The number of hydrogen-bond donors (Lipinski definition) is 1. The second kappa shape index (κ2) is 4.93. The van der Waals surface area contributed by atoms with Crippen LogP contribution < -0.4 is 5.73 Å². The molecule has 0 aromatic carbocycles. The van der Waals surface area contributed by atoms with E-state index in [-0.39, 0.29) is 5.91 Å². The highest BCUT2D eigenvalue weighted by Gasteiger charge is 2.20. The minimum Gasteiger partial charge on any atom is -0.361 e. The van der Waals surface area contributed by atoms with Crippen LogP contribution >= 0.6 is 0 Å². The number of aryl methyl sites for hydroxylation is 2. The van der Waals surface area contributed by atoms with Crippen LogP contribution in [-0.4, -0.2) is 36.1 Å². The van der Waals surface area contributed by atoms with Gasteiger partial charge in [0, 0.05) is 13.6 Å². The van der Waals surface area contributed by atoms with Gasteiger partial charge in [-0.15, -0.1) is 0 Å². The summed E-state index contributed by atoms with van der Waals surface area (Å²) in [4.78, 5) is 13.6. The van der Waals surface area contributed by atoms with Crippen LogP contribution in [-0.2, 0) is 0 Å². The first-order valence-corrected chi connectivity index (χ1v) is 4.96. The molecule has 84 valence electrons. The molecule has 0 spiro atoms. The molecule has 0 aliphatic heterocycles. The van der Waals surface area contributed by atoms with Gasteiger partial charge in [0.1, 0.15) is 11.3 Å². The van der Waals surface area contributed by atoms with Crippen LogP contribution in [0.25, 0.3) is 0 Å². The Kier molecular flexibility index (Phi) is 3.85. The zero-order valence-corrected chi connectivity index (χ0v) is 9.41. The minimum absolute atomic E-state index is 0.0558. The molecule has 2 N–H and O–H groups in total. The molecule has 0 atom stereocenters. The fourth-order valence-corrected chi connectivity index (χ4v) is 1.41. The molecule has 0 saturated carbocycles. The second-order valence-corrected chi connectivity index (χ2v) is 3.57. The van der Waals surface area contributed by atoms with Crippen molar-refractivity contribution in [2.75, 3.05) is 20.1 Å². The van der Waals surface area contributed by atoms with Crippen molar-refractivity contribution in [1.82, 2.24) is 10.1 Å². The number of aromatic nitrogens is 1. The van der Waals surface area contributed by atoms with Crippen molar-refractivity contribution in [2.24, 2.45) is 5.73 Å². The highest BCUT2D eigenvalue weighted by Crippen LogP contribution is 2.14. The molecule has 5 nitrogen and oxygen atoms in total. The molecule has 0 saturated heterocycles. The Balaban J connectivity index is 2.76. The van der Waals surface area contributed by atoms with Crippen LogP contribution in [0.15, 0.2) is 4.52 Å². The number of nitrogens with two attached hydrogens (primary N) is 1. The summed E-state index contributed by atoms with van der Waals surface area (Å²) in [5.41, 5.74) is 6.59. The van der Waals surface area contributed by atoms with Gasteiger partial charge in [-0.05, 0) is 26.8 Å². The third kappa shape index (κ3) is 2.56. The molecule has 0 fully saturated rings. The first kappa shape index (κ1) is 11.7. The van der Waals surface area contributed by atoms with Crippen LogP contribution in [0.1, 0.15) is 28.2 Å². The van der Waals surface area contributed by atoms with E-state index in [0.717, 1.165) is 6.42 Å². The van der Waals surface area contributed by atoms with Crippen LogP contribution in [0.3, 0.4) is 0 Å². The summed E-state index contributed by atoms with van der Waals surface area (Å²) in [6, 6.07) is 0. The predicted octanol–water partition coefficient (Wildman–Crippen LogP) is 0.712. The normalized spacial score (nSPS) is 10.4. The fraction of sp³-hybridized carbons (Fsp3) is 0.600. The first-order chi connectivity index (χ1) is 7.07. The van der Waals surface area contributed by atoms with Crippen molar-refractivity contribution in [2.45, 2.75) is 20.3 Å². The Hall–Kier alpha value is -1.36. The second-order valence-electron chi connectivity index (χ2n) is 3.57. The highest BCUT2D eigenvalue weighted by atomic mass is 16.5. The van der Waals surface area contributed by atoms with Gasteiger partial charge in [-0.25, -0.2) is 0 Å². The van der Waals surface area contributed by atoms with Gasteiger partial charge in [-0.1, -0.05) is 5.16 Å². The van der Waals surface area contributed by atoms with E-state index in [2.05, 4.69) is 5.16 Å². The quantitative estimate of drug-likeness (QED) is 0.796. The zero-order valence-electron chi connectivity index (χ0n) is 9.41. The Morgan fingerprint density at radius 2 is 2.20 bits per heavy atom. The maximum absolute atomic E-state index is 11.9. The molecule has 0 radical (unpaired) electrons. The smallest absolute Gasteiger partial charge is 0.259 e. The molecule has 0 aliphatic carbocycles. The summed E-state index contributed by atoms with van der Waals surface area (Å²) in [6.45, 7) is 4.74. The predicted molar refractivity (Wildman–Crippen MR) is 56.6 cm³/mol. The van der Waals surface area contributed by atoms with Gasteiger partial charge in [0.15, 0.2) is 0 Å². The Morgan fingerprint density at radius 1 is 1.53 bits per heavy atom. The van der Waals surface area contributed by atoms with E-state index in [1.165, 1.54) is 0 Å². The third-order valence-electron chi connectivity index (χ3n) is 2.29. The number of rotatable bonds is 4. The molecule has 1 aromatic heterocycles. The van der Waals surface area contributed by atoms with Crippen molar-refractivity contribution in [3.63, 3.8) is 0 Å². The van der Waals surface area contributed by atoms with E-state index in [1.807, 2.05) is 0 Å². The minimum atomic E-state index is -0.0558. The van der Waals surface area contributed by atoms with E-state index in [1.54, 1.807) is 25.8 Å². The summed E-state index contributed by atoms with van der Waals surface area (Å²) in [7, 11) is 1.75. The average molecular weight is 211 g/mol. The van der Waals surface area contributed by atoms with Crippen molar-refractivity contribution >= 4 is 5.91 Å². The molecule has 5 heteroatoms. The molecular weight excluding hydrogens is 194 g/mol. The van der Waals surface area contributed by atoms with Gasteiger partial charge >= 0.3 is 0 Å². The summed E-state index contributed by atoms with van der Waals surface area (Å²) in [5, 5.41) is 3.75. The zero-order chi connectivity index (χ0) is 11.4. The molecule has 0 aliphatic rings. The maximum atomic E-state index is 11.9. The van der Waals surface area contributed by atoms with Crippen molar-refractivity contribution in [3.05, 3.63) is 17.0 Å². The molecule has 1 heterocycles. The Labute approximate surface area is 89.2 Å². The van der Waals surface area contributed by atoms with Gasteiger partial charge < -0.3 is 15.2 Å². The molecule has 0 unspecified atom stereocenters. The lowest BCUT2D eigenvalue weighted by Crippen LogP contribution is -2.29. The highest BCUT2D eigenvalue weighted by molar-refractivity contribution is 5.95. The van der Waals surface area contributed by atoms with Gasteiger partial charge in [-0.3, -0.25) is 4.79 Å². The SMILES string of the molecule is Cc1noc(C)c1C(=O)N(C)CCCN. The van der Waals surface area contributed by atoms with Gasteiger partial charge in [0.2, 0.25) is 0 Å². The number of nitrogens with zero attached hydrogens (tertiary/aromatic N) is 2. The van der Waals surface area contributed by atoms with E-state index in [4.69, 9.17) is 10.3 Å². The van der Waals surface area contributed by atoms with Crippen LogP contribution in [0.5, 0.6) is 0 Å². The standard InChI is InChI=1S/C10H17N3O2/c1-7-9(8(2)15-12-7)10(14)13(3)6-4-5-11/h4-6,11H2,1-3H3. The largest absolute Gasteiger partial charge is 0.361 e. The number of carbonyl (C=O) groups is 1. The lowest BCUT2D eigenvalue weighted by Gasteiger charge is -2.16. The Bertz CT molecular complexity index is 327. The molecule has 0 bridgehead atoms. The first-order valence-electron chi connectivity index (χ1n) is 4.96. The maximum Gasteiger partial charge on any atom is 0.259 e.